The van der Waals surface area contributed by atoms with Crippen LogP contribution in [0.2, 0.25) is 0 Å². The van der Waals surface area contributed by atoms with Gasteiger partial charge in [-0.15, -0.1) is 24.2 Å². The van der Waals surface area contributed by atoms with Gasteiger partial charge in [0.25, 0.3) is 0 Å². The highest BCUT2D eigenvalue weighted by Gasteiger charge is 1.96. The summed E-state index contributed by atoms with van der Waals surface area (Å²) in [6.45, 7) is 4.36. The van der Waals surface area contributed by atoms with Crippen molar-refractivity contribution in [3.8, 4) is 0 Å². The van der Waals surface area contributed by atoms with Crippen molar-refractivity contribution in [1.82, 2.24) is 0 Å². The second kappa shape index (κ2) is 5.33. The first-order valence-electron chi connectivity index (χ1n) is 3.70. The Morgan fingerprint density at radius 3 is 2.08 bits per heavy atom. The summed E-state index contributed by atoms with van der Waals surface area (Å²) in [6, 6.07) is 7.98. The van der Waals surface area contributed by atoms with E-state index in [1.165, 1.54) is 4.90 Å². The second-order valence-electron chi connectivity index (χ2n) is 2.74. The van der Waals surface area contributed by atoms with E-state index in [9.17, 15) is 0 Å². The molecule has 0 atom stereocenters. The molecule has 0 heterocycles. The van der Waals surface area contributed by atoms with Gasteiger partial charge in [-0.3, -0.25) is 0 Å². The lowest BCUT2D eigenvalue weighted by Gasteiger charge is -2.03. The van der Waals surface area contributed by atoms with Crippen molar-refractivity contribution in [2.45, 2.75) is 24.0 Å². The summed E-state index contributed by atoms with van der Waals surface area (Å²) in [5.74, 6) is 0. The van der Waals surface area contributed by atoms with E-state index in [2.05, 4.69) is 26.0 Å². The quantitative estimate of drug-likeness (QED) is 0.590. The summed E-state index contributed by atoms with van der Waals surface area (Å²) in [4.78, 5) is 1.29. The highest BCUT2D eigenvalue weighted by Crippen LogP contribution is 2.23. The minimum absolute atomic E-state index is 0. The third-order valence-corrected chi connectivity index (χ3v) is 2.27. The Morgan fingerprint density at radius 2 is 1.67 bits per heavy atom. The number of thioether (sulfide) groups is 1. The minimum Gasteiger partial charge on any atom is -0.399 e. The molecule has 0 amide bonds. The van der Waals surface area contributed by atoms with E-state index in [1.54, 1.807) is 0 Å². The first-order chi connectivity index (χ1) is 5.18. The molecule has 12 heavy (non-hydrogen) atoms. The molecule has 1 nitrogen and oxygen atoms in total. The third kappa shape index (κ3) is 3.88. The number of rotatable bonds is 2. The average molecular weight is 204 g/mol. The zero-order chi connectivity index (χ0) is 8.27. The lowest BCUT2D eigenvalue weighted by atomic mass is 10.3. The lowest BCUT2D eigenvalue weighted by Crippen LogP contribution is -1.87. The fourth-order valence-corrected chi connectivity index (χ4v) is 1.66. The van der Waals surface area contributed by atoms with Crippen LogP contribution in [0.25, 0.3) is 0 Å². The second-order valence-corrected chi connectivity index (χ2v) is 4.39. The molecule has 0 saturated carbocycles. The SMILES string of the molecule is CC(C)Sc1ccc(N)cc1.Cl. The summed E-state index contributed by atoms with van der Waals surface area (Å²) in [6.07, 6.45) is 0. The van der Waals surface area contributed by atoms with Crippen molar-refractivity contribution in [3.63, 3.8) is 0 Å². The van der Waals surface area contributed by atoms with E-state index in [1.807, 2.05) is 23.9 Å². The Balaban J connectivity index is 0.00000121. The smallest absolute Gasteiger partial charge is 0.0314 e. The summed E-state index contributed by atoms with van der Waals surface area (Å²) in [7, 11) is 0. The molecular formula is C9H14ClNS. The first kappa shape index (κ1) is 11.7. The van der Waals surface area contributed by atoms with Crippen molar-refractivity contribution in [2.75, 3.05) is 5.73 Å². The minimum atomic E-state index is 0. The van der Waals surface area contributed by atoms with E-state index in [-0.39, 0.29) is 12.4 Å². The number of anilines is 1. The Hall–Kier alpha value is -0.340. The van der Waals surface area contributed by atoms with Gasteiger partial charge in [-0.25, -0.2) is 0 Å². The van der Waals surface area contributed by atoms with Crippen LogP contribution in [0.4, 0.5) is 5.69 Å². The van der Waals surface area contributed by atoms with Gasteiger partial charge in [0.1, 0.15) is 0 Å². The van der Waals surface area contributed by atoms with Gasteiger partial charge >= 0.3 is 0 Å². The van der Waals surface area contributed by atoms with Crippen LogP contribution in [-0.2, 0) is 0 Å². The summed E-state index contributed by atoms with van der Waals surface area (Å²) >= 11 is 1.85. The Labute approximate surface area is 84.1 Å². The number of benzene rings is 1. The van der Waals surface area contributed by atoms with Crippen molar-refractivity contribution in [1.29, 1.82) is 0 Å². The topological polar surface area (TPSA) is 26.0 Å². The van der Waals surface area contributed by atoms with Gasteiger partial charge in [-0.2, -0.15) is 0 Å². The van der Waals surface area contributed by atoms with Crippen molar-refractivity contribution >= 4 is 29.9 Å². The van der Waals surface area contributed by atoms with E-state index in [0.717, 1.165) is 5.69 Å². The number of nitrogen functional groups attached to an aromatic ring is 1. The van der Waals surface area contributed by atoms with Gasteiger partial charge in [0.15, 0.2) is 0 Å². The molecule has 0 aliphatic rings. The number of hydrogen-bond acceptors (Lipinski definition) is 2. The van der Waals surface area contributed by atoms with Crippen molar-refractivity contribution in [2.24, 2.45) is 0 Å². The van der Waals surface area contributed by atoms with E-state index in [4.69, 9.17) is 5.73 Å². The lowest BCUT2D eigenvalue weighted by molar-refractivity contribution is 1.11. The van der Waals surface area contributed by atoms with Crippen LogP contribution in [-0.4, -0.2) is 5.25 Å². The standard InChI is InChI=1S/C9H13NS.ClH/c1-7(2)11-9-5-3-8(10)4-6-9;/h3-7H,10H2,1-2H3;1H. The largest absolute Gasteiger partial charge is 0.399 e. The van der Waals surface area contributed by atoms with Gasteiger partial charge in [-0.1, -0.05) is 13.8 Å². The monoisotopic (exact) mass is 203 g/mol. The third-order valence-electron chi connectivity index (χ3n) is 1.25. The van der Waals surface area contributed by atoms with E-state index >= 15 is 0 Å². The molecule has 1 aromatic carbocycles. The fraction of sp³-hybridized carbons (Fsp3) is 0.333. The molecule has 0 aliphatic carbocycles. The normalized spacial score (nSPS) is 9.58. The maximum Gasteiger partial charge on any atom is 0.0314 e. The number of hydrogen-bond donors (Lipinski definition) is 1. The molecule has 0 unspecified atom stereocenters. The summed E-state index contributed by atoms with van der Waals surface area (Å²) in [5.41, 5.74) is 6.38. The summed E-state index contributed by atoms with van der Waals surface area (Å²) < 4.78 is 0. The summed E-state index contributed by atoms with van der Waals surface area (Å²) in [5, 5.41) is 0.638. The van der Waals surface area contributed by atoms with Crippen molar-refractivity contribution in [3.05, 3.63) is 24.3 Å². The molecule has 0 saturated heterocycles. The van der Waals surface area contributed by atoms with Crippen LogP contribution in [0.15, 0.2) is 29.2 Å². The van der Waals surface area contributed by atoms with E-state index < -0.39 is 0 Å². The predicted molar refractivity (Wildman–Crippen MR) is 59.1 cm³/mol. The average Bonchev–Trinajstić information content (AvgIpc) is 1.93. The number of halogens is 1. The number of nitrogens with two attached hydrogens (primary N) is 1. The van der Waals surface area contributed by atoms with Crippen LogP contribution >= 0.6 is 24.2 Å². The molecule has 0 radical (unpaired) electrons. The van der Waals surface area contributed by atoms with Crippen molar-refractivity contribution < 1.29 is 0 Å². The molecule has 2 N–H and O–H groups in total. The molecule has 0 bridgehead atoms. The first-order valence-corrected chi connectivity index (χ1v) is 4.58. The zero-order valence-electron chi connectivity index (χ0n) is 7.28. The van der Waals surface area contributed by atoms with Crippen LogP contribution in [0.1, 0.15) is 13.8 Å². The van der Waals surface area contributed by atoms with Gasteiger partial charge < -0.3 is 5.73 Å². The molecule has 0 aromatic heterocycles. The van der Waals surface area contributed by atoms with Gasteiger partial charge in [0, 0.05) is 15.8 Å². The fourth-order valence-electron chi connectivity index (χ4n) is 0.819. The molecule has 68 valence electrons. The molecule has 0 fully saturated rings. The molecular weight excluding hydrogens is 190 g/mol. The Kier molecular flexibility index (Phi) is 5.18. The van der Waals surface area contributed by atoms with Crippen LogP contribution in [0, 0.1) is 0 Å². The zero-order valence-corrected chi connectivity index (χ0v) is 8.91. The Morgan fingerprint density at radius 1 is 1.17 bits per heavy atom. The predicted octanol–water partition coefficient (Wildman–Crippen LogP) is 3.19. The van der Waals surface area contributed by atoms with Gasteiger partial charge in [0.05, 0.1) is 0 Å². The highest BCUT2D eigenvalue weighted by atomic mass is 35.5. The molecule has 0 spiro atoms. The molecule has 3 heteroatoms. The van der Waals surface area contributed by atoms with Crippen LogP contribution < -0.4 is 5.73 Å². The van der Waals surface area contributed by atoms with Crippen LogP contribution in [0.5, 0.6) is 0 Å². The van der Waals surface area contributed by atoms with E-state index in [0.29, 0.717) is 5.25 Å². The molecule has 1 aromatic rings. The maximum absolute atomic E-state index is 5.55. The molecule has 1 rings (SSSR count). The highest BCUT2D eigenvalue weighted by molar-refractivity contribution is 7.99. The van der Waals surface area contributed by atoms with Gasteiger partial charge in [0.2, 0.25) is 0 Å². The Bertz CT molecular complexity index is 220. The molecule has 0 aliphatic heterocycles. The van der Waals surface area contributed by atoms with Crippen LogP contribution in [0.3, 0.4) is 0 Å². The van der Waals surface area contributed by atoms with Gasteiger partial charge in [-0.05, 0) is 24.3 Å². The maximum atomic E-state index is 5.55.